The van der Waals surface area contributed by atoms with Crippen LogP contribution in [0.1, 0.15) is 18.4 Å². The van der Waals surface area contributed by atoms with Crippen LogP contribution in [0.2, 0.25) is 0 Å². The monoisotopic (exact) mass is 277 g/mol. The van der Waals surface area contributed by atoms with E-state index in [4.69, 9.17) is 0 Å². The van der Waals surface area contributed by atoms with Gasteiger partial charge in [-0.15, -0.1) is 0 Å². The van der Waals surface area contributed by atoms with Crippen LogP contribution in [0.3, 0.4) is 0 Å². The number of allylic oxidation sites excluding steroid dienone is 2. The minimum absolute atomic E-state index is 0.0313. The Bertz CT molecular complexity index is 658. The Morgan fingerprint density at radius 1 is 1.21 bits per heavy atom. The Morgan fingerprint density at radius 2 is 1.89 bits per heavy atom. The first-order valence-corrected chi connectivity index (χ1v) is 7.76. The van der Waals surface area contributed by atoms with Crippen molar-refractivity contribution in [3.63, 3.8) is 0 Å². The number of hydrogen-bond acceptors (Lipinski definition) is 3. The number of carbonyl (C=O) groups excluding carboxylic acids is 1. The lowest BCUT2D eigenvalue weighted by molar-refractivity contribution is -0.114. The predicted molar refractivity (Wildman–Crippen MR) is 70.9 cm³/mol. The van der Waals surface area contributed by atoms with Crippen molar-refractivity contribution in [1.82, 2.24) is 4.31 Å². The van der Waals surface area contributed by atoms with E-state index in [1.54, 1.807) is 24.3 Å². The third kappa shape index (κ3) is 1.98. The van der Waals surface area contributed by atoms with Crippen molar-refractivity contribution in [2.45, 2.75) is 24.7 Å². The number of aryl methyl sites for hydroxylation is 1. The van der Waals surface area contributed by atoms with E-state index in [1.165, 1.54) is 10.4 Å². The molecule has 1 fully saturated rings. The highest BCUT2D eigenvalue weighted by Gasteiger charge is 2.40. The van der Waals surface area contributed by atoms with Crippen molar-refractivity contribution in [2.75, 3.05) is 6.54 Å². The molecule has 1 atom stereocenters. The number of sulfonamides is 1. The summed E-state index contributed by atoms with van der Waals surface area (Å²) in [6.07, 6.45) is 2.68. The van der Waals surface area contributed by atoms with E-state index in [-0.39, 0.29) is 11.7 Å². The van der Waals surface area contributed by atoms with Gasteiger partial charge in [-0.2, -0.15) is 0 Å². The maximum atomic E-state index is 12.6. The molecule has 4 nitrogen and oxygen atoms in total. The maximum absolute atomic E-state index is 12.6. The Hall–Kier alpha value is -1.62. The molecule has 0 amide bonds. The molecule has 0 saturated carbocycles. The van der Waals surface area contributed by atoms with Crippen molar-refractivity contribution >= 4 is 15.8 Å². The van der Waals surface area contributed by atoms with E-state index >= 15 is 0 Å². The lowest BCUT2D eigenvalue weighted by Crippen LogP contribution is -2.27. The smallest absolute Gasteiger partial charge is 0.264 e. The van der Waals surface area contributed by atoms with Crippen molar-refractivity contribution < 1.29 is 13.2 Å². The number of rotatable bonds is 2. The summed E-state index contributed by atoms with van der Waals surface area (Å²) in [5, 5.41) is 0. The summed E-state index contributed by atoms with van der Waals surface area (Å²) in [7, 11) is -3.52. The molecule has 1 aromatic rings. The molecule has 0 bridgehead atoms. The third-order valence-electron chi connectivity index (χ3n) is 3.75. The molecule has 1 aromatic carbocycles. The quantitative estimate of drug-likeness (QED) is 0.829. The molecular weight excluding hydrogens is 262 g/mol. The molecule has 1 unspecified atom stereocenters. The normalized spacial score (nSPS) is 22.6. The number of fused-ring (bicyclic) bond motifs is 1. The average molecular weight is 277 g/mol. The number of carbonyl (C=O) groups is 1. The standard InChI is InChI=1S/C14H15NO3S/c1-10-2-4-13(5-3-10)19(17,18)15-7-6-11-8-12(16)9-14(11)15/h2-5,9,11H,6-8H2,1H3. The minimum atomic E-state index is -3.52. The highest BCUT2D eigenvalue weighted by Crippen LogP contribution is 2.38. The van der Waals surface area contributed by atoms with E-state index in [1.807, 2.05) is 6.92 Å². The first kappa shape index (κ1) is 12.4. The Morgan fingerprint density at radius 3 is 2.58 bits per heavy atom. The van der Waals surface area contributed by atoms with Gasteiger partial charge in [0.15, 0.2) is 5.78 Å². The fourth-order valence-corrected chi connectivity index (χ4v) is 4.27. The van der Waals surface area contributed by atoms with Crippen LogP contribution in [0.4, 0.5) is 0 Å². The number of nitrogens with zero attached hydrogens (tertiary/aromatic N) is 1. The van der Waals surface area contributed by atoms with E-state index in [0.29, 0.717) is 23.6 Å². The Kier molecular flexibility index (Phi) is 2.74. The summed E-state index contributed by atoms with van der Waals surface area (Å²) in [5.41, 5.74) is 1.69. The van der Waals surface area contributed by atoms with Crippen LogP contribution in [0, 0.1) is 12.8 Å². The van der Waals surface area contributed by atoms with Crippen LogP contribution in [-0.4, -0.2) is 25.1 Å². The molecule has 1 aliphatic heterocycles. The van der Waals surface area contributed by atoms with Crippen molar-refractivity contribution in [3.8, 4) is 0 Å². The van der Waals surface area contributed by atoms with Gasteiger partial charge in [-0.25, -0.2) is 8.42 Å². The number of benzene rings is 1. The van der Waals surface area contributed by atoms with Gasteiger partial charge < -0.3 is 0 Å². The highest BCUT2D eigenvalue weighted by atomic mass is 32.2. The van der Waals surface area contributed by atoms with Crippen LogP contribution in [0.25, 0.3) is 0 Å². The van der Waals surface area contributed by atoms with Gasteiger partial charge in [0, 0.05) is 30.7 Å². The molecule has 1 saturated heterocycles. The second kappa shape index (κ2) is 4.20. The van der Waals surface area contributed by atoms with E-state index < -0.39 is 10.0 Å². The second-order valence-corrected chi connectivity index (χ2v) is 6.98. The third-order valence-corrected chi connectivity index (χ3v) is 5.59. The molecular formula is C14H15NO3S. The molecule has 3 rings (SSSR count). The van der Waals surface area contributed by atoms with E-state index in [2.05, 4.69) is 0 Å². The Balaban J connectivity index is 1.99. The summed E-state index contributed by atoms with van der Waals surface area (Å²) in [6.45, 7) is 2.39. The summed E-state index contributed by atoms with van der Waals surface area (Å²) in [4.78, 5) is 11.7. The molecule has 0 aromatic heterocycles. The van der Waals surface area contributed by atoms with Gasteiger partial charge in [0.05, 0.1) is 4.90 Å². The van der Waals surface area contributed by atoms with Gasteiger partial charge in [-0.1, -0.05) is 17.7 Å². The fourth-order valence-electron chi connectivity index (χ4n) is 2.71. The van der Waals surface area contributed by atoms with Crippen LogP contribution >= 0.6 is 0 Å². The van der Waals surface area contributed by atoms with Gasteiger partial charge in [-0.3, -0.25) is 9.10 Å². The molecule has 0 N–H and O–H groups in total. The summed E-state index contributed by atoms with van der Waals surface area (Å²) in [6, 6.07) is 6.81. The predicted octanol–water partition coefficient (Wildman–Crippen LogP) is 1.86. The van der Waals surface area contributed by atoms with Crippen LogP contribution in [-0.2, 0) is 14.8 Å². The minimum Gasteiger partial charge on any atom is -0.295 e. The van der Waals surface area contributed by atoms with Gasteiger partial charge >= 0.3 is 0 Å². The summed E-state index contributed by atoms with van der Waals surface area (Å²) >= 11 is 0. The van der Waals surface area contributed by atoms with Crippen molar-refractivity contribution in [2.24, 2.45) is 5.92 Å². The van der Waals surface area contributed by atoms with Crippen LogP contribution in [0.15, 0.2) is 40.9 Å². The van der Waals surface area contributed by atoms with Crippen LogP contribution in [0.5, 0.6) is 0 Å². The first-order chi connectivity index (χ1) is 8.98. The molecule has 1 aliphatic carbocycles. The zero-order chi connectivity index (χ0) is 13.6. The zero-order valence-electron chi connectivity index (χ0n) is 10.7. The Labute approximate surface area is 112 Å². The number of hydrogen-bond donors (Lipinski definition) is 0. The second-order valence-electron chi connectivity index (χ2n) is 5.12. The van der Waals surface area contributed by atoms with Gasteiger partial charge in [0.25, 0.3) is 10.0 Å². The lowest BCUT2D eigenvalue weighted by atomic mass is 10.1. The molecule has 0 spiro atoms. The molecule has 100 valence electrons. The molecule has 1 heterocycles. The average Bonchev–Trinajstić information content (AvgIpc) is 2.88. The SMILES string of the molecule is Cc1ccc(S(=O)(=O)N2CCC3CC(=O)C=C32)cc1. The van der Waals surface area contributed by atoms with Gasteiger partial charge in [0.1, 0.15) is 0 Å². The topological polar surface area (TPSA) is 54.5 Å². The molecule has 0 radical (unpaired) electrons. The molecule has 5 heteroatoms. The van der Waals surface area contributed by atoms with E-state index in [0.717, 1.165) is 12.0 Å². The number of ketones is 1. The van der Waals surface area contributed by atoms with Crippen LogP contribution < -0.4 is 0 Å². The summed E-state index contributed by atoms with van der Waals surface area (Å²) < 4.78 is 26.5. The first-order valence-electron chi connectivity index (χ1n) is 6.32. The largest absolute Gasteiger partial charge is 0.295 e. The van der Waals surface area contributed by atoms with Gasteiger partial charge in [0.2, 0.25) is 0 Å². The molecule has 19 heavy (non-hydrogen) atoms. The fraction of sp³-hybridized carbons (Fsp3) is 0.357. The highest BCUT2D eigenvalue weighted by molar-refractivity contribution is 7.89. The zero-order valence-corrected chi connectivity index (χ0v) is 11.5. The maximum Gasteiger partial charge on any atom is 0.264 e. The van der Waals surface area contributed by atoms with Gasteiger partial charge in [-0.05, 0) is 25.5 Å². The molecule has 2 aliphatic rings. The van der Waals surface area contributed by atoms with Crippen molar-refractivity contribution in [3.05, 3.63) is 41.6 Å². The van der Waals surface area contributed by atoms with E-state index in [9.17, 15) is 13.2 Å². The van der Waals surface area contributed by atoms with Crippen molar-refractivity contribution in [1.29, 1.82) is 0 Å². The lowest BCUT2D eigenvalue weighted by Gasteiger charge is -2.20. The summed E-state index contributed by atoms with van der Waals surface area (Å²) in [5.74, 6) is 0.122.